The molecular formula is C32H48N4O7S. The number of sulfonamides is 1. The van der Waals surface area contributed by atoms with Crippen LogP contribution >= 0.6 is 0 Å². The summed E-state index contributed by atoms with van der Waals surface area (Å²) in [6.07, 6.45) is 1.55. The molecule has 3 rings (SSSR count). The number of nitrogens with one attached hydrogen (secondary N) is 2. The highest BCUT2D eigenvalue weighted by Crippen LogP contribution is 2.29. The van der Waals surface area contributed by atoms with Crippen molar-refractivity contribution >= 4 is 27.6 Å². The van der Waals surface area contributed by atoms with Crippen LogP contribution in [0.3, 0.4) is 0 Å². The summed E-state index contributed by atoms with van der Waals surface area (Å²) in [5.41, 5.74) is 0.677. The van der Waals surface area contributed by atoms with Gasteiger partial charge >= 0.3 is 6.03 Å². The summed E-state index contributed by atoms with van der Waals surface area (Å²) < 4.78 is 40.4. The highest BCUT2D eigenvalue weighted by atomic mass is 32.2. The Hall–Kier alpha value is -3.19. The fraction of sp³-hybridized carbons (Fsp3) is 0.562. The standard InChI is InChI=1S/C32H48N4O7S/c1-22(2)33-32(39)34-26-15-16-29-28(18-26)31(38)36(24(4)21-37)19-23(3)30(42-17-11-10-12-25(5)43-29)20-35(6)44(40,41)27-13-8-7-9-14-27/h7-9,13-16,18,22-25,30,37H,10-12,17,19-21H2,1-6H3,(H2,33,34,39)/t23-,24-,25-,30+/m0/s1. The van der Waals surface area contributed by atoms with Crippen LogP contribution in [0.25, 0.3) is 0 Å². The molecule has 1 aliphatic heterocycles. The second kappa shape index (κ2) is 16.2. The van der Waals surface area contributed by atoms with Gasteiger partial charge in [-0.05, 0) is 77.3 Å². The third-order valence-electron chi connectivity index (χ3n) is 7.62. The number of hydrogen-bond donors (Lipinski definition) is 3. The molecule has 12 heteroatoms. The molecule has 1 aliphatic rings. The van der Waals surface area contributed by atoms with Crippen molar-refractivity contribution < 1.29 is 32.6 Å². The largest absolute Gasteiger partial charge is 0.490 e. The Morgan fingerprint density at radius 1 is 1.11 bits per heavy atom. The van der Waals surface area contributed by atoms with Gasteiger partial charge in [0.1, 0.15) is 5.75 Å². The fourth-order valence-electron chi connectivity index (χ4n) is 5.02. The molecule has 0 aliphatic carbocycles. The third-order valence-corrected chi connectivity index (χ3v) is 9.46. The number of likely N-dealkylation sites (N-methyl/N-ethyl adjacent to an activating group) is 1. The molecule has 2 aromatic carbocycles. The fourth-order valence-corrected chi connectivity index (χ4v) is 6.22. The number of aliphatic hydroxyl groups excluding tert-OH is 1. The smallest absolute Gasteiger partial charge is 0.319 e. The molecule has 0 radical (unpaired) electrons. The van der Waals surface area contributed by atoms with Crippen LogP contribution in [0, 0.1) is 5.92 Å². The topological polar surface area (TPSA) is 138 Å². The Morgan fingerprint density at radius 3 is 2.48 bits per heavy atom. The maximum atomic E-state index is 14.2. The predicted molar refractivity (Wildman–Crippen MR) is 170 cm³/mol. The molecule has 244 valence electrons. The normalized spacial score (nSPS) is 21.2. The van der Waals surface area contributed by atoms with Crippen molar-refractivity contribution in [1.29, 1.82) is 0 Å². The van der Waals surface area contributed by atoms with Crippen LogP contribution in [0.2, 0.25) is 0 Å². The lowest BCUT2D eigenvalue weighted by atomic mass is 10.0. The first-order chi connectivity index (χ1) is 20.8. The number of benzene rings is 2. The summed E-state index contributed by atoms with van der Waals surface area (Å²) in [5, 5.41) is 15.7. The first-order valence-electron chi connectivity index (χ1n) is 15.3. The summed E-state index contributed by atoms with van der Waals surface area (Å²) in [6, 6.07) is 12.2. The van der Waals surface area contributed by atoms with Gasteiger partial charge in [0.05, 0.1) is 35.3 Å². The molecule has 0 spiro atoms. The SMILES string of the molecule is CC(C)NC(=O)Nc1ccc2c(c1)C(=O)N([C@@H](C)CO)C[C@H](C)[C@@H](CN(C)S(=O)(=O)c1ccccc1)OCCCC[C@H](C)O2. The minimum Gasteiger partial charge on any atom is -0.490 e. The van der Waals surface area contributed by atoms with Crippen molar-refractivity contribution in [2.75, 3.05) is 38.7 Å². The maximum absolute atomic E-state index is 14.2. The summed E-state index contributed by atoms with van der Waals surface area (Å²) >= 11 is 0. The van der Waals surface area contributed by atoms with E-state index in [9.17, 15) is 23.1 Å². The van der Waals surface area contributed by atoms with Gasteiger partial charge in [-0.15, -0.1) is 0 Å². The van der Waals surface area contributed by atoms with Gasteiger partial charge in [0, 0.05) is 44.4 Å². The van der Waals surface area contributed by atoms with E-state index in [-0.39, 0.29) is 54.1 Å². The second-order valence-electron chi connectivity index (χ2n) is 11.9. The Kier molecular flexibility index (Phi) is 13.0. The molecule has 11 nitrogen and oxygen atoms in total. The van der Waals surface area contributed by atoms with Crippen molar-refractivity contribution in [2.24, 2.45) is 5.92 Å². The van der Waals surface area contributed by atoms with E-state index in [0.29, 0.717) is 24.5 Å². The monoisotopic (exact) mass is 632 g/mol. The number of anilines is 1. The van der Waals surface area contributed by atoms with E-state index < -0.39 is 28.2 Å². The number of hydrogen-bond acceptors (Lipinski definition) is 7. The van der Waals surface area contributed by atoms with Crippen LogP contribution in [0.15, 0.2) is 53.4 Å². The Bertz CT molecular complexity index is 1340. The number of amides is 3. The first kappa shape index (κ1) is 35.3. The average Bonchev–Trinajstić information content (AvgIpc) is 2.98. The van der Waals surface area contributed by atoms with E-state index in [4.69, 9.17) is 9.47 Å². The molecule has 1 heterocycles. The van der Waals surface area contributed by atoms with Gasteiger partial charge in [-0.3, -0.25) is 4.79 Å². The molecule has 3 N–H and O–H groups in total. The summed E-state index contributed by atoms with van der Waals surface area (Å²) in [7, 11) is -2.23. The quantitative estimate of drug-likeness (QED) is 0.394. The summed E-state index contributed by atoms with van der Waals surface area (Å²) in [6.45, 7) is 9.71. The van der Waals surface area contributed by atoms with Crippen molar-refractivity contribution in [3.8, 4) is 5.75 Å². The molecule has 44 heavy (non-hydrogen) atoms. The van der Waals surface area contributed by atoms with Gasteiger partial charge in [-0.1, -0.05) is 25.1 Å². The Labute approximate surface area is 262 Å². The van der Waals surface area contributed by atoms with E-state index in [0.717, 1.165) is 12.8 Å². The molecule has 0 bridgehead atoms. The highest BCUT2D eigenvalue weighted by Gasteiger charge is 2.32. The van der Waals surface area contributed by atoms with E-state index in [1.807, 2.05) is 27.7 Å². The minimum atomic E-state index is -3.76. The first-order valence-corrected chi connectivity index (χ1v) is 16.7. The Morgan fingerprint density at radius 2 is 1.82 bits per heavy atom. The summed E-state index contributed by atoms with van der Waals surface area (Å²) in [5.74, 6) is -0.293. The number of nitrogens with zero attached hydrogens (tertiary/aromatic N) is 2. The number of aliphatic hydroxyl groups is 1. The van der Waals surface area contributed by atoms with Gasteiger partial charge in [0.25, 0.3) is 5.91 Å². The van der Waals surface area contributed by atoms with Gasteiger partial charge in [0.15, 0.2) is 0 Å². The molecule has 4 atom stereocenters. The number of rotatable bonds is 8. The molecule has 3 amide bonds. The molecule has 0 fully saturated rings. The number of carbonyl (C=O) groups is 2. The van der Waals surface area contributed by atoms with Gasteiger partial charge in [-0.25, -0.2) is 13.2 Å². The van der Waals surface area contributed by atoms with Crippen molar-refractivity contribution in [2.45, 2.75) is 83.1 Å². The molecule has 0 unspecified atom stereocenters. The van der Waals surface area contributed by atoms with Crippen LogP contribution in [-0.4, -0.2) is 92.3 Å². The van der Waals surface area contributed by atoms with Crippen molar-refractivity contribution in [3.05, 3.63) is 54.1 Å². The van der Waals surface area contributed by atoms with E-state index >= 15 is 0 Å². The summed E-state index contributed by atoms with van der Waals surface area (Å²) in [4.78, 5) is 28.4. The van der Waals surface area contributed by atoms with Crippen molar-refractivity contribution in [1.82, 2.24) is 14.5 Å². The van der Waals surface area contributed by atoms with Gasteiger partial charge < -0.3 is 30.1 Å². The minimum absolute atomic E-state index is 0.0719. The molecule has 0 saturated carbocycles. The molecule has 0 saturated heterocycles. The zero-order valence-electron chi connectivity index (χ0n) is 26.7. The second-order valence-corrected chi connectivity index (χ2v) is 13.9. The molecule has 2 aromatic rings. The lowest BCUT2D eigenvalue weighted by Crippen LogP contribution is -2.48. The van der Waals surface area contributed by atoms with Crippen molar-refractivity contribution in [3.63, 3.8) is 0 Å². The van der Waals surface area contributed by atoms with Crippen LogP contribution < -0.4 is 15.4 Å². The van der Waals surface area contributed by atoms with E-state index in [1.165, 1.54) is 11.4 Å². The number of fused-ring (bicyclic) bond motifs is 1. The number of urea groups is 1. The number of ether oxygens (including phenoxy) is 2. The van der Waals surface area contributed by atoms with Crippen LogP contribution in [0.4, 0.5) is 10.5 Å². The Balaban J connectivity index is 1.96. The maximum Gasteiger partial charge on any atom is 0.319 e. The molecule has 0 aromatic heterocycles. The predicted octanol–water partition coefficient (Wildman–Crippen LogP) is 4.33. The molecular weight excluding hydrogens is 584 g/mol. The third kappa shape index (κ3) is 9.65. The van der Waals surface area contributed by atoms with Crippen LogP contribution in [-0.2, 0) is 14.8 Å². The van der Waals surface area contributed by atoms with Crippen LogP contribution in [0.5, 0.6) is 5.75 Å². The average molecular weight is 633 g/mol. The lowest BCUT2D eigenvalue weighted by Gasteiger charge is -2.35. The lowest BCUT2D eigenvalue weighted by molar-refractivity contribution is -0.00833. The number of carbonyl (C=O) groups excluding carboxylic acids is 2. The van der Waals surface area contributed by atoms with Crippen LogP contribution in [0.1, 0.15) is 64.2 Å². The zero-order chi connectivity index (χ0) is 32.4. The van der Waals surface area contributed by atoms with E-state index in [2.05, 4.69) is 10.6 Å². The van der Waals surface area contributed by atoms with E-state index in [1.54, 1.807) is 60.4 Å². The highest BCUT2D eigenvalue weighted by molar-refractivity contribution is 7.89. The van der Waals surface area contributed by atoms with Gasteiger partial charge in [-0.2, -0.15) is 4.31 Å². The van der Waals surface area contributed by atoms with Gasteiger partial charge in [0.2, 0.25) is 10.0 Å². The zero-order valence-corrected chi connectivity index (χ0v) is 27.5.